The van der Waals surface area contributed by atoms with Crippen LogP contribution in [-0.2, 0) is 4.79 Å². The number of amides is 2. The molecule has 33 heavy (non-hydrogen) atoms. The lowest BCUT2D eigenvalue weighted by Gasteiger charge is -2.35. The maximum atomic E-state index is 13.6. The third kappa shape index (κ3) is 3.61. The van der Waals surface area contributed by atoms with Gasteiger partial charge in [0.25, 0.3) is 11.8 Å². The Morgan fingerprint density at radius 2 is 1.73 bits per heavy atom. The number of nitrogens with zero attached hydrogens (tertiary/aromatic N) is 4. The van der Waals surface area contributed by atoms with E-state index in [2.05, 4.69) is 4.57 Å². The summed E-state index contributed by atoms with van der Waals surface area (Å²) < 4.78 is 7.98. The zero-order valence-corrected chi connectivity index (χ0v) is 18.7. The number of ether oxygens (including phenoxy) is 1. The normalized spacial score (nSPS) is 15.1. The van der Waals surface area contributed by atoms with E-state index < -0.39 is 6.10 Å². The van der Waals surface area contributed by atoms with E-state index in [1.165, 1.54) is 4.90 Å². The Morgan fingerprint density at radius 3 is 2.48 bits per heavy atom. The monoisotopic (exact) mass is 440 g/mol. The van der Waals surface area contributed by atoms with Crippen molar-refractivity contribution in [3.8, 4) is 11.4 Å². The molecular formula is C26H24N4O3. The van der Waals surface area contributed by atoms with Crippen LogP contribution in [0.3, 0.4) is 0 Å². The number of imidazole rings is 1. The Balaban J connectivity index is 1.53. The SMILES string of the molecule is Cc1nc2cc(C(=O)N3C[C@@H](C(=O)N(C)C)Oc4ccccc43)ccc2n1-c1ccccc1. The number of fused-ring (bicyclic) bond motifs is 2. The highest BCUT2D eigenvalue weighted by Crippen LogP contribution is 2.35. The Hall–Kier alpha value is -4.13. The summed E-state index contributed by atoms with van der Waals surface area (Å²) in [6.07, 6.45) is -0.762. The highest BCUT2D eigenvalue weighted by molar-refractivity contribution is 6.09. The van der Waals surface area contributed by atoms with Crippen LogP contribution < -0.4 is 9.64 Å². The van der Waals surface area contributed by atoms with Gasteiger partial charge >= 0.3 is 0 Å². The first kappa shape index (κ1) is 20.8. The van der Waals surface area contributed by atoms with Gasteiger partial charge in [-0.05, 0) is 49.4 Å². The first-order chi connectivity index (χ1) is 15.9. The number of aryl methyl sites for hydroxylation is 1. The second kappa shape index (κ2) is 8.09. The summed E-state index contributed by atoms with van der Waals surface area (Å²) in [5, 5.41) is 0. The maximum absolute atomic E-state index is 13.6. The number of carbonyl (C=O) groups is 2. The molecule has 2 amide bonds. The third-order valence-corrected chi connectivity index (χ3v) is 5.82. The van der Waals surface area contributed by atoms with E-state index in [1.54, 1.807) is 25.1 Å². The smallest absolute Gasteiger partial charge is 0.265 e. The van der Waals surface area contributed by atoms with Crippen LogP contribution in [-0.4, -0.2) is 53.0 Å². The standard InChI is InChI=1S/C26H24N4O3/c1-17-27-20-15-18(13-14-21(20)30(17)19-9-5-4-6-10-19)25(31)29-16-24(26(32)28(2)3)33-23-12-8-7-11-22(23)29/h4-15,24H,16H2,1-3H3/t24-/m0/s1. The summed E-state index contributed by atoms with van der Waals surface area (Å²) in [4.78, 5) is 34.0. The minimum absolute atomic E-state index is 0.141. The van der Waals surface area contributed by atoms with Gasteiger partial charge in [0.2, 0.25) is 0 Å². The molecule has 0 fully saturated rings. The first-order valence-corrected chi connectivity index (χ1v) is 10.8. The molecule has 3 aromatic carbocycles. The van der Waals surface area contributed by atoms with Gasteiger partial charge < -0.3 is 14.5 Å². The fourth-order valence-corrected chi connectivity index (χ4v) is 4.24. The molecule has 0 radical (unpaired) electrons. The molecule has 0 spiro atoms. The number of rotatable bonds is 3. The summed E-state index contributed by atoms with van der Waals surface area (Å²) >= 11 is 0. The summed E-state index contributed by atoms with van der Waals surface area (Å²) in [5.41, 5.74) is 3.84. The molecule has 1 aromatic heterocycles. The van der Waals surface area contributed by atoms with Crippen LogP contribution in [0.2, 0.25) is 0 Å². The number of carbonyl (C=O) groups excluding carboxylic acids is 2. The maximum Gasteiger partial charge on any atom is 0.265 e. The number of hydrogen-bond donors (Lipinski definition) is 0. The lowest BCUT2D eigenvalue weighted by molar-refractivity contribution is -0.135. The van der Waals surface area contributed by atoms with Crippen LogP contribution >= 0.6 is 0 Å². The minimum Gasteiger partial charge on any atom is -0.476 e. The molecule has 0 unspecified atom stereocenters. The van der Waals surface area contributed by atoms with Crippen LogP contribution in [0.5, 0.6) is 5.75 Å². The topological polar surface area (TPSA) is 67.7 Å². The van der Waals surface area contributed by atoms with E-state index in [4.69, 9.17) is 9.72 Å². The number of likely N-dealkylation sites (N-methyl/N-ethyl adjacent to an activating group) is 1. The van der Waals surface area contributed by atoms with Crippen molar-refractivity contribution in [2.24, 2.45) is 0 Å². The van der Waals surface area contributed by atoms with Gasteiger partial charge in [-0.25, -0.2) is 4.98 Å². The third-order valence-electron chi connectivity index (χ3n) is 5.82. The molecule has 0 saturated heterocycles. The molecule has 166 valence electrons. The molecule has 7 nitrogen and oxygen atoms in total. The van der Waals surface area contributed by atoms with Gasteiger partial charge in [-0.1, -0.05) is 30.3 Å². The molecule has 5 rings (SSSR count). The van der Waals surface area contributed by atoms with Gasteiger partial charge in [-0.15, -0.1) is 0 Å². The van der Waals surface area contributed by atoms with Crippen molar-refractivity contribution in [2.45, 2.75) is 13.0 Å². The van der Waals surface area contributed by atoms with Gasteiger partial charge in [0.05, 0.1) is 23.3 Å². The number of benzene rings is 3. The Kier molecular flexibility index (Phi) is 5.09. The molecule has 4 aromatic rings. The molecule has 0 N–H and O–H groups in total. The van der Waals surface area contributed by atoms with Gasteiger partial charge in [-0.2, -0.15) is 0 Å². The summed E-state index contributed by atoms with van der Waals surface area (Å²) in [5.74, 6) is 0.975. The van der Waals surface area contributed by atoms with Crippen molar-refractivity contribution in [3.63, 3.8) is 0 Å². The molecule has 0 bridgehead atoms. The fraction of sp³-hybridized carbons (Fsp3) is 0.192. The van der Waals surface area contributed by atoms with Gasteiger partial charge in [0, 0.05) is 25.3 Å². The average Bonchev–Trinajstić information content (AvgIpc) is 3.17. The van der Waals surface area contributed by atoms with Crippen molar-refractivity contribution in [2.75, 3.05) is 25.5 Å². The largest absolute Gasteiger partial charge is 0.476 e. The molecule has 1 atom stereocenters. The lowest BCUT2D eigenvalue weighted by Crippen LogP contribution is -2.50. The number of para-hydroxylation sites is 3. The quantitative estimate of drug-likeness (QED) is 0.486. The van der Waals surface area contributed by atoms with Crippen LogP contribution in [0.4, 0.5) is 5.69 Å². The van der Waals surface area contributed by atoms with E-state index >= 15 is 0 Å². The van der Waals surface area contributed by atoms with E-state index in [-0.39, 0.29) is 18.4 Å². The minimum atomic E-state index is -0.762. The van der Waals surface area contributed by atoms with Crippen LogP contribution in [0, 0.1) is 6.92 Å². The zero-order valence-electron chi connectivity index (χ0n) is 18.7. The summed E-state index contributed by atoms with van der Waals surface area (Å²) in [6, 6.07) is 22.8. The van der Waals surface area contributed by atoms with Crippen LogP contribution in [0.15, 0.2) is 72.8 Å². The molecule has 0 saturated carbocycles. The number of hydrogen-bond acceptors (Lipinski definition) is 4. The first-order valence-electron chi connectivity index (χ1n) is 10.8. The Bertz CT molecular complexity index is 1360. The molecule has 0 aliphatic carbocycles. The van der Waals surface area contributed by atoms with E-state index in [9.17, 15) is 9.59 Å². The van der Waals surface area contributed by atoms with E-state index in [0.717, 1.165) is 22.5 Å². The summed E-state index contributed by atoms with van der Waals surface area (Å²) in [6.45, 7) is 2.09. The lowest BCUT2D eigenvalue weighted by atomic mass is 10.1. The molecule has 2 heterocycles. The van der Waals surface area contributed by atoms with E-state index in [1.807, 2.05) is 73.7 Å². The van der Waals surface area contributed by atoms with Crippen molar-refractivity contribution >= 4 is 28.5 Å². The average molecular weight is 441 g/mol. The van der Waals surface area contributed by atoms with Crippen molar-refractivity contribution in [1.29, 1.82) is 0 Å². The zero-order chi connectivity index (χ0) is 23.1. The Labute approximate surface area is 191 Å². The molecular weight excluding hydrogens is 416 g/mol. The van der Waals surface area contributed by atoms with Gasteiger partial charge in [0.1, 0.15) is 11.6 Å². The summed E-state index contributed by atoms with van der Waals surface area (Å²) in [7, 11) is 3.36. The van der Waals surface area contributed by atoms with Crippen molar-refractivity contribution in [1.82, 2.24) is 14.5 Å². The highest BCUT2D eigenvalue weighted by Gasteiger charge is 2.35. The predicted molar refractivity (Wildman–Crippen MR) is 127 cm³/mol. The second-order valence-corrected chi connectivity index (χ2v) is 8.26. The molecule has 1 aliphatic heterocycles. The predicted octanol–water partition coefficient (Wildman–Crippen LogP) is 3.83. The number of anilines is 1. The second-order valence-electron chi connectivity index (χ2n) is 8.26. The Morgan fingerprint density at radius 1 is 1.00 bits per heavy atom. The van der Waals surface area contributed by atoms with E-state index in [0.29, 0.717) is 17.0 Å². The van der Waals surface area contributed by atoms with Gasteiger partial charge in [0.15, 0.2) is 6.10 Å². The van der Waals surface area contributed by atoms with Gasteiger partial charge in [-0.3, -0.25) is 14.2 Å². The van der Waals surface area contributed by atoms with Crippen LogP contribution in [0.1, 0.15) is 16.2 Å². The molecule has 7 heteroatoms. The number of aromatic nitrogens is 2. The van der Waals surface area contributed by atoms with Crippen LogP contribution in [0.25, 0.3) is 16.7 Å². The molecule has 1 aliphatic rings. The van der Waals surface area contributed by atoms with Crippen molar-refractivity contribution < 1.29 is 14.3 Å². The highest BCUT2D eigenvalue weighted by atomic mass is 16.5. The van der Waals surface area contributed by atoms with Crippen molar-refractivity contribution in [3.05, 3.63) is 84.2 Å². The fourth-order valence-electron chi connectivity index (χ4n) is 4.24.